The van der Waals surface area contributed by atoms with Crippen LogP contribution in [0.1, 0.15) is 56.7 Å². The molecular formula is C15H28N4O. The molecule has 5 heteroatoms. The summed E-state index contributed by atoms with van der Waals surface area (Å²) in [6.45, 7) is 9.50. The number of nitrogens with zero attached hydrogens (tertiary/aromatic N) is 2. The summed E-state index contributed by atoms with van der Waals surface area (Å²) in [5, 5.41) is 7.32. The first-order valence-corrected chi connectivity index (χ1v) is 7.67. The maximum atomic E-state index is 12.2. The van der Waals surface area contributed by atoms with Gasteiger partial charge in [0.25, 0.3) is 5.91 Å². The minimum Gasteiger partial charge on any atom is -0.349 e. The van der Waals surface area contributed by atoms with E-state index in [4.69, 9.17) is 5.73 Å². The second-order valence-electron chi connectivity index (χ2n) is 5.14. The zero-order valence-corrected chi connectivity index (χ0v) is 13.1. The van der Waals surface area contributed by atoms with Crippen molar-refractivity contribution < 1.29 is 4.79 Å². The number of amides is 1. The summed E-state index contributed by atoms with van der Waals surface area (Å²) in [5.74, 6) is 0.373. The van der Waals surface area contributed by atoms with Crippen molar-refractivity contribution in [1.82, 2.24) is 15.1 Å². The number of hydrogen-bond acceptors (Lipinski definition) is 3. The highest BCUT2D eigenvalue weighted by molar-refractivity contribution is 5.92. The van der Waals surface area contributed by atoms with Crippen LogP contribution in [0.3, 0.4) is 0 Å². The van der Waals surface area contributed by atoms with Crippen LogP contribution in [0.15, 0.2) is 6.07 Å². The van der Waals surface area contributed by atoms with Crippen molar-refractivity contribution in [3.05, 3.63) is 17.5 Å². The van der Waals surface area contributed by atoms with Gasteiger partial charge in [0.2, 0.25) is 0 Å². The van der Waals surface area contributed by atoms with Gasteiger partial charge in [-0.25, -0.2) is 0 Å². The fourth-order valence-electron chi connectivity index (χ4n) is 2.43. The Morgan fingerprint density at radius 3 is 2.50 bits per heavy atom. The van der Waals surface area contributed by atoms with Crippen LogP contribution in [0, 0.1) is 5.92 Å². The van der Waals surface area contributed by atoms with Crippen LogP contribution in [-0.4, -0.2) is 28.3 Å². The van der Waals surface area contributed by atoms with Gasteiger partial charge in [-0.2, -0.15) is 5.10 Å². The van der Waals surface area contributed by atoms with E-state index in [-0.39, 0.29) is 11.9 Å². The van der Waals surface area contributed by atoms with E-state index < -0.39 is 0 Å². The number of rotatable bonds is 8. The second kappa shape index (κ2) is 8.04. The quantitative estimate of drug-likeness (QED) is 0.764. The summed E-state index contributed by atoms with van der Waals surface area (Å²) in [5.41, 5.74) is 7.70. The Labute approximate surface area is 121 Å². The largest absolute Gasteiger partial charge is 0.349 e. The Bertz CT molecular complexity index is 424. The first kappa shape index (κ1) is 16.7. The lowest BCUT2D eigenvalue weighted by molar-refractivity contribution is 0.0937. The summed E-state index contributed by atoms with van der Waals surface area (Å²) in [6.07, 6.45) is 2.92. The predicted molar refractivity (Wildman–Crippen MR) is 81.7 cm³/mol. The molecule has 5 nitrogen and oxygen atoms in total. The van der Waals surface area contributed by atoms with Gasteiger partial charge in [0.05, 0.1) is 5.69 Å². The zero-order chi connectivity index (χ0) is 15.1. The average molecular weight is 280 g/mol. The van der Waals surface area contributed by atoms with E-state index in [9.17, 15) is 4.79 Å². The SMILES string of the molecule is CCc1cc(C(=O)NCC(N)C(CC)CC)n(CC)n1. The van der Waals surface area contributed by atoms with Gasteiger partial charge in [-0.1, -0.05) is 33.6 Å². The lowest BCUT2D eigenvalue weighted by Gasteiger charge is -2.21. The van der Waals surface area contributed by atoms with Crippen LogP contribution in [-0.2, 0) is 13.0 Å². The molecule has 0 spiro atoms. The van der Waals surface area contributed by atoms with Gasteiger partial charge in [0.15, 0.2) is 0 Å². The Morgan fingerprint density at radius 1 is 1.35 bits per heavy atom. The average Bonchev–Trinajstić information content (AvgIpc) is 2.89. The lowest BCUT2D eigenvalue weighted by Crippen LogP contribution is -2.42. The van der Waals surface area contributed by atoms with Crippen molar-refractivity contribution in [2.75, 3.05) is 6.54 Å². The van der Waals surface area contributed by atoms with Gasteiger partial charge in [-0.3, -0.25) is 9.48 Å². The van der Waals surface area contributed by atoms with Gasteiger partial charge >= 0.3 is 0 Å². The molecule has 0 aliphatic heterocycles. The predicted octanol–water partition coefficient (Wildman–Crippen LogP) is 1.96. The maximum absolute atomic E-state index is 12.2. The van der Waals surface area contributed by atoms with Crippen molar-refractivity contribution in [3.8, 4) is 0 Å². The molecule has 0 aliphatic rings. The molecule has 1 aromatic rings. The molecule has 20 heavy (non-hydrogen) atoms. The molecule has 0 aromatic carbocycles. The topological polar surface area (TPSA) is 72.9 Å². The van der Waals surface area contributed by atoms with E-state index in [1.165, 1.54) is 0 Å². The van der Waals surface area contributed by atoms with Gasteiger partial charge in [-0.05, 0) is 25.3 Å². The third kappa shape index (κ3) is 4.07. The van der Waals surface area contributed by atoms with Crippen LogP contribution in [0.5, 0.6) is 0 Å². The molecule has 0 radical (unpaired) electrons. The second-order valence-corrected chi connectivity index (χ2v) is 5.14. The van der Waals surface area contributed by atoms with E-state index in [2.05, 4.69) is 24.3 Å². The van der Waals surface area contributed by atoms with E-state index >= 15 is 0 Å². The third-order valence-corrected chi connectivity index (χ3v) is 3.88. The van der Waals surface area contributed by atoms with Crippen molar-refractivity contribution in [2.24, 2.45) is 11.7 Å². The van der Waals surface area contributed by atoms with Crippen molar-refractivity contribution in [3.63, 3.8) is 0 Å². The summed E-state index contributed by atoms with van der Waals surface area (Å²) in [6, 6.07) is 1.87. The van der Waals surface area contributed by atoms with Crippen LogP contribution < -0.4 is 11.1 Å². The molecule has 1 atom stereocenters. The van der Waals surface area contributed by atoms with Crippen LogP contribution in [0.4, 0.5) is 0 Å². The van der Waals surface area contributed by atoms with E-state index in [1.54, 1.807) is 4.68 Å². The van der Waals surface area contributed by atoms with Crippen LogP contribution in [0.25, 0.3) is 0 Å². The number of aryl methyl sites for hydroxylation is 2. The van der Waals surface area contributed by atoms with Gasteiger partial charge in [0.1, 0.15) is 5.69 Å². The molecule has 1 aromatic heterocycles. The zero-order valence-electron chi connectivity index (χ0n) is 13.1. The van der Waals surface area contributed by atoms with E-state index in [0.29, 0.717) is 24.7 Å². The van der Waals surface area contributed by atoms with Crippen molar-refractivity contribution in [1.29, 1.82) is 0 Å². The summed E-state index contributed by atoms with van der Waals surface area (Å²) >= 11 is 0. The molecule has 1 rings (SSSR count). The molecular weight excluding hydrogens is 252 g/mol. The highest BCUT2D eigenvalue weighted by atomic mass is 16.2. The molecule has 1 heterocycles. The summed E-state index contributed by atoms with van der Waals surface area (Å²) in [7, 11) is 0. The minimum atomic E-state index is -0.0829. The summed E-state index contributed by atoms with van der Waals surface area (Å²) < 4.78 is 1.75. The van der Waals surface area contributed by atoms with Gasteiger partial charge < -0.3 is 11.1 Å². The molecule has 0 aliphatic carbocycles. The number of nitrogens with one attached hydrogen (secondary N) is 1. The number of carbonyl (C=O) groups is 1. The van der Waals surface area contributed by atoms with Crippen LogP contribution in [0.2, 0.25) is 0 Å². The molecule has 0 saturated heterocycles. The molecule has 1 unspecified atom stereocenters. The summed E-state index contributed by atoms with van der Waals surface area (Å²) in [4.78, 5) is 12.2. The number of nitrogens with two attached hydrogens (primary N) is 1. The maximum Gasteiger partial charge on any atom is 0.269 e. The standard InChI is InChI=1S/C15H28N4O/c1-5-11(6-2)13(16)10-17-15(20)14-9-12(7-3)18-19(14)8-4/h9,11,13H,5-8,10,16H2,1-4H3,(H,17,20). The van der Waals surface area contributed by atoms with Crippen molar-refractivity contribution >= 4 is 5.91 Å². The lowest BCUT2D eigenvalue weighted by atomic mass is 9.95. The molecule has 0 bridgehead atoms. The fourth-order valence-corrected chi connectivity index (χ4v) is 2.43. The molecule has 0 saturated carbocycles. The number of carbonyl (C=O) groups excluding carboxylic acids is 1. The first-order valence-electron chi connectivity index (χ1n) is 7.67. The Balaban J connectivity index is 2.65. The highest BCUT2D eigenvalue weighted by Crippen LogP contribution is 2.11. The van der Waals surface area contributed by atoms with Crippen molar-refractivity contribution in [2.45, 2.75) is 59.5 Å². The number of aromatic nitrogens is 2. The van der Waals surface area contributed by atoms with Gasteiger partial charge in [-0.15, -0.1) is 0 Å². The Morgan fingerprint density at radius 2 is 2.00 bits per heavy atom. The molecule has 0 fully saturated rings. The van der Waals surface area contributed by atoms with E-state index in [0.717, 1.165) is 25.0 Å². The molecule has 1 amide bonds. The minimum absolute atomic E-state index is 0.0117. The van der Waals surface area contributed by atoms with E-state index in [1.807, 2.05) is 19.9 Å². The monoisotopic (exact) mass is 280 g/mol. The van der Waals surface area contributed by atoms with Gasteiger partial charge in [0, 0.05) is 19.1 Å². The highest BCUT2D eigenvalue weighted by Gasteiger charge is 2.17. The Kier molecular flexibility index (Phi) is 6.71. The molecule has 3 N–H and O–H groups in total. The third-order valence-electron chi connectivity index (χ3n) is 3.88. The molecule has 114 valence electrons. The Hall–Kier alpha value is -1.36. The first-order chi connectivity index (χ1) is 9.57. The van der Waals surface area contributed by atoms with Crippen LogP contribution >= 0.6 is 0 Å². The fraction of sp³-hybridized carbons (Fsp3) is 0.733. The number of hydrogen-bond donors (Lipinski definition) is 2. The smallest absolute Gasteiger partial charge is 0.269 e. The normalized spacial score (nSPS) is 12.7.